The maximum Gasteiger partial charge on any atom is 0.250 e. The van der Waals surface area contributed by atoms with Crippen LogP contribution in [0.25, 0.3) is 28.2 Å². The van der Waals surface area contributed by atoms with Gasteiger partial charge in [0.15, 0.2) is 5.78 Å². The number of pyridine rings is 1. The van der Waals surface area contributed by atoms with E-state index in [0.717, 1.165) is 37.5 Å². The summed E-state index contributed by atoms with van der Waals surface area (Å²) in [5.41, 5.74) is 4.24. The van der Waals surface area contributed by atoms with Gasteiger partial charge in [-0.05, 0) is 77.7 Å². The molecule has 39 heavy (non-hydrogen) atoms. The summed E-state index contributed by atoms with van der Waals surface area (Å²) in [4.78, 5) is 16.4. The van der Waals surface area contributed by atoms with Gasteiger partial charge in [0.1, 0.15) is 11.3 Å². The van der Waals surface area contributed by atoms with Crippen molar-refractivity contribution in [1.29, 1.82) is 0 Å². The Kier molecular flexibility index (Phi) is 7.46. The Labute approximate surface area is 226 Å². The van der Waals surface area contributed by atoms with Crippen LogP contribution < -0.4 is 0 Å². The molecule has 0 saturated carbocycles. The van der Waals surface area contributed by atoms with E-state index in [-0.39, 0.29) is 23.8 Å². The highest BCUT2D eigenvalue weighted by Gasteiger charge is 2.38. The molecule has 202 valence electrons. The lowest BCUT2D eigenvalue weighted by atomic mass is 10.0. The molecule has 1 fully saturated rings. The Hall–Kier alpha value is -3.69. The number of aromatic nitrogens is 1. The predicted molar refractivity (Wildman–Crippen MR) is 146 cm³/mol. The average molecular weight is 551 g/mol. The molecule has 6 nitrogen and oxygen atoms in total. The first-order chi connectivity index (χ1) is 18.6. The lowest BCUT2D eigenvalue weighted by Gasteiger charge is -2.30. The van der Waals surface area contributed by atoms with Crippen LogP contribution in [0.5, 0.6) is 0 Å². The maximum atomic E-state index is 13.5. The van der Waals surface area contributed by atoms with Crippen molar-refractivity contribution in [3.8, 4) is 11.1 Å². The summed E-state index contributed by atoms with van der Waals surface area (Å²) in [6.45, 7) is 1.55. The molecule has 0 amide bonds. The van der Waals surface area contributed by atoms with E-state index in [4.69, 9.17) is 4.42 Å². The summed E-state index contributed by atoms with van der Waals surface area (Å²) in [7, 11) is -3.83. The van der Waals surface area contributed by atoms with E-state index in [2.05, 4.69) is 4.98 Å². The lowest BCUT2D eigenvalue weighted by molar-refractivity contribution is -0.114. The number of aryl methyl sites for hydroxylation is 2. The molecule has 0 atom stereocenters. The van der Waals surface area contributed by atoms with E-state index in [1.165, 1.54) is 12.1 Å². The highest BCUT2D eigenvalue weighted by molar-refractivity contribution is 7.89. The fourth-order valence-electron chi connectivity index (χ4n) is 4.69. The van der Waals surface area contributed by atoms with Crippen molar-refractivity contribution in [2.75, 3.05) is 13.1 Å². The highest BCUT2D eigenvalue weighted by Crippen LogP contribution is 2.33. The first-order valence-electron chi connectivity index (χ1n) is 12.7. The second-order valence-corrected chi connectivity index (χ2v) is 11.7. The first kappa shape index (κ1) is 26.9. The minimum absolute atomic E-state index is 0.00923. The van der Waals surface area contributed by atoms with Crippen molar-refractivity contribution in [2.45, 2.75) is 43.4 Å². The number of allylic oxidation sites excluding steroid dienone is 1. The summed E-state index contributed by atoms with van der Waals surface area (Å²) in [6, 6.07) is 16.0. The Morgan fingerprint density at radius 2 is 1.82 bits per heavy atom. The van der Waals surface area contributed by atoms with Crippen molar-refractivity contribution in [3.63, 3.8) is 0 Å². The molecule has 4 aromatic rings. The zero-order valence-corrected chi connectivity index (χ0v) is 22.3. The van der Waals surface area contributed by atoms with E-state index < -0.39 is 28.8 Å². The maximum absolute atomic E-state index is 13.5. The van der Waals surface area contributed by atoms with Gasteiger partial charge in [0.2, 0.25) is 10.0 Å². The van der Waals surface area contributed by atoms with Crippen molar-refractivity contribution < 1.29 is 26.4 Å². The summed E-state index contributed by atoms with van der Waals surface area (Å²) in [6.07, 6.45) is 6.51. The van der Waals surface area contributed by atoms with Gasteiger partial charge in [0.25, 0.3) is 5.92 Å². The number of carbonyl (C=O) groups is 1. The van der Waals surface area contributed by atoms with Crippen LogP contribution in [0.3, 0.4) is 0 Å². The van der Waals surface area contributed by atoms with E-state index in [9.17, 15) is 22.0 Å². The molecule has 1 saturated heterocycles. The monoisotopic (exact) mass is 550 g/mol. The summed E-state index contributed by atoms with van der Waals surface area (Å²) >= 11 is 0. The minimum atomic E-state index is -3.83. The molecule has 3 heterocycles. The number of carbonyl (C=O) groups excluding carboxylic acids is 1. The number of alkyl halides is 2. The number of halogens is 2. The van der Waals surface area contributed by atoms with E-state index in [0.29, 0.717) is 18.6 Å². The quantitative estimate of drug-likeness (QED) is 0.236. The third-order valence-corrected chi connectivity index (χ3v) is 8.81. The Morgan fingerprint density at radius 3 is 2.51 bits per heavy atom. The summed E-state index contributed by atoms with van der Waals surface area (Å²) in [5.74, 6) is -2.11. The second kappa shape index (κ2) is 10.8. The highest BCUT2D eigenvalue weighted by atomic mass is 32.2. The molecular formula is C30H28F2N2O4S. The number of nitrogens with zero attached hydrogens (tertiary/aromatic N) is 2. The molecule has 1 aliphatic rings. The smallest absolute Gasteiger partial charge is 0.250 e. The number of piperidine rings is 1. The van der Waals surface area contributed by atoms with E-state index in [1.807, 2.05) is 37.3 Å². The van der Waals surface area contributed by atoms with Crippen molar-refractivity contribution >= 4 is 32.9 Å². The number of sulfonamides is 1. The van der Waals surface area contributed by atoms with Crippen LogP contribution in [-0.4, -0.2) is 42.5 Å². The molecule has 0 bridgehead atoms. The van der Waals surface area contributed by atoms with Gasteiger partial charge in [0.05, 0.1) is 4.90 Å². The fourth-order valence-corrected chi connectivity index (χ4v) is 6.13. The van der Waals surface area contributed by atoms with Crippen LogP contribution in [0.15, 0.2) is 82.4 Å². The normalized spacial score (nSPS) is 16.2. The van der Waals surface area contributed by atoms with Gasteiger partial charge in [-0.3, -0.25) is 9.78 Å². The third-order valence-electron chi connectivity index (χ3n) is 6.90. The predicted octanol–water partition coefficient (Wildman–Crippen LogP) is 6.44. The van der Waals surface area contributed by atoms with Gasteiger partial charge in [-0.15, -0.1) is 0 Å². The molecule has 0 N–H and O–H groups in total. The molecular weight excluding hydrogens is 522 g/mol. The number of benzene rings is 2. The van der Waals surface area contributed by atoms with Gasteiger partial charge in [-0.25, -0.2) is 17.2 Å². The van der Waals surface area contributed by atoms with Crippen LogP contribution in [0.1, 0.15) is 36.1 Å². The zero-order valence-electron chi connectivity index (χ0n) is 21.4. The number of hydrogen-bond acceptors (Lipinski definition) is 5. The van der Waals surface area contributed by atoms with Gasteiger partial charge >= 0.3 is 0 Å². The first-order valence-corrected chi connectivity index (χ1v) is 14.2. The van der Waals surface area contributed by atoms with E-state index >= 15 is 0 Å². The van der Waals surface area contributed by atoms with Crippen molar-refractivity contribution in [1.82, 2.24) is 9.29 Å². The molecule has 0 spiro atoms. The van der Waals surface area contributed by atoms with Crippen molar-refractivity contribution in [2.24, 2.45) is 0 Å². The Morgan fingerprint density at radius 1 is 1.08 bits per heavy atom. The molecule has 5 rings (SSSR count). The summed E-state index contributed by atoms with van der Waals surface area (Å²) < 4.78 is 60.0. The molecule has 0 aliphatic carbocycles. The molecule has 0 unspecified atom stereocenters. The zero-order chi connectivity index (χ0) is 27.6. The Balaban J connectivity index is 1.28. The molecule has 1 aliphatic heterocycles. The van der Waals surface area contributed by atoms with Crippen LogP contribution in [0, 0.1) is 6.92 Å². The second-order valence-electron chi connectivity index (χ2n) is 9.79. The van der Waals surface area contributed by atoms with Gasteiger partial charge in [-0.2, -0.15) is 4.31 Å². The number of hydrogen-bond donors (Lipinski definition) is 0. The SMILES string of the molecule is Cc1cc(-c2ccc(S(=O)(=O)N3CCC(F)(F)CC3)cc2)cc2cc(CCC(=O)/C=C/c3cccnc3)oc12. The molecule has 2 aromatic heterocycles. The molecule has 9 heteroatoms. The van der Waals surface area contributed by atoms with Crippen LogP contribution in [-0.2, 0) is 21.2 Å². The third kappa shape index (κ3) is 6.15. The van der Waals surface area contributed by atoms with Crippen LogP contribution in [0.2, 0.25) is 0 Å². The van der Waals surface area contributed by atoms with Crippen LogP contribution >= 0.6 is 0 Å². The number of ketones is 1. The number of rotatable bonds is 8. The minimum Gasteiger partial charge on any atom is -0.461 e. The standard InChI is InChI=1S/C30H28F2N2O4S/c1-21-17-24(23-5-10-28(11-6-23)39(36,37)34-15-12-30(31,32)13-16-34)18-25-19-27(38-29(21)25)9-8-26(35)7-4-22-3-2-14-33-20-22/h2-7,10-11,14,17-20H,8-9,12-13,15-16H2,1H3/b7-4+. The van der Waals surface area contributed by atoms with Gasteiger partial charge < -0.3 is 4.42 Å². The number of fused-ring (bicyclic) bond motifs is 1. The van der Waals surface area contributed by atoms with Gasteiger partial charge in [0, 0.05) is 56.6 Å². The summed E-state index contributed by atoms with van der Waals surface area (Å²) in [5, 5.41) is 0.893. The number of furan rings is 1. The molecule has 2 aromatic carbocycles. The van der Waals surface area contributed by atoms with Gasteiger partial charge in [-0.1, -0.05) is 18.2 Å². The fraction of sp³-hybridized carbons (Fsp3) is 0.267. The van der Waals surface area contributed by atoms with E-state index in [1.54, 1.807) is 36.7 Å². The lowest BCUT2D eigenvalue weighted by Crippen LogP contribution is -2.42. The van der Waals surface area contributed by atoms with Crippen LogP contribution in [0.4, 0.5) is 8.78 Å². The largest absolute Gasteiger partial charge is 0.461 e. The molecule has 0 radical (unpaired) electrons. The average Bonchev–Trinajstić information content (AvgIpc) is 3.35. The topological polar surface area (TPSA) is 80.5 Å². The van der Waals surface area contributed by atoms with Crippen molar-refractivity contribution in [3.05, 3.63) is 90.0 Å². The Bertz CT molecular complexity index is 1620.